The van der Waals surface area contributed by atoms with E-state index in [2.05, 4.69) is 20.9 Å². The predicted molar refractivity (Wildman–Crippen MR) is 182 cm³/mol. The molecule has 1 atom stereocenters. The molecular weight excluding hydrogens is 624 g/mol. The second-order valence-electron chi connectivity index (χ2n) is 14.2. The van der Waals surface area contributed by atoms with Gasteiger partial charge in [0.25, 0.3) is 11.8 Å². The van der Waals surface area contributed by atoms with E-state index in [-0.39, 0.29) is 45.7 Å². The number of H-pyrrole nitrogens is 1. The number of carbonyl (C=O) groups excluding carboxylic acids is 3. The van der Waals surface area contributed by atoms with Gasteiger partial charge in [0, 0.05) is 35.8 Å². The number of anilines is 1. The van der Waals surface area contributed by atoms with Crippen molar-refractivity contribution in [3.63, 3.8) is 0 Å². The molecule has 4 bridgehead atoms. The lowest BCUT2D eigenvalue weighted by Crippen LogP contribution is -2.51. The molecule has 0 saturated heterocycles. The quantitative estimate of drug-likeness (QED) is 0.123. The van der Waals surface area contributed by atoms with Crippen LogP contribution in [-0.2, 0) is 11.2 Å². The molecule has 1 heterocycles. The average Bonchev–Trinajstić information content (AvgIpc) is 3.54. The monoisotopic (exact) mass is 662 g/mol. The smallest absolute Gasteiger partial charge is 0.335 e. The van der Waals surface area contributed by atoms with Crippen molar-refractivity contribution >= 4 is 46.3 Å². The van der Waals surface area contributed by atoms with Crippen molar-refractivity contribution in [2.75, 3.05) is 11.9 Å². The van der Waals surface area contributed by atoms with Gasteiger partial charge in [-0.1, -0.05) is 30.3 Å². The third kappa shape index (κ3) is 6.78. The SMILES string of the molecule is O=C(O)c1cc(NC(=O)C(Cc2ccccc2)NC(=O)c2cc3cc[nH]c3cc2C(=O)NCC23CC4CC(CC(C4)C2)C3)cc(C(=O)O)c1. The van der Waals surface area contributed by atoms with E-state index in [1.807, 2.05) is 6.07 Å². The zero-order valence-electron chi connectivity index (χ0n) is 26.8. The fourth-order valence-electron chi connectivity index (χ4n) is 8.82. The first-order chi connectivity index (χ1) is 23.5. The minimum absolute atomic E-state index is 0.0481. The molecule has 1 aromatic heterocycles. The second kappa shape index (κ2) is 12.9. The molecule has 3 aromatic carbocycles. The third-order valence-corrected chi connectivity index (χ3v) is 10.6. The molecule has 1 unspecified atom stereocenters. The van der Waals surface area contributed by atoms with E-state index in [4.69, 9.17) is 0 Å². The third-order valence-electron chi connectivity index (χ3n) is 10.6. The zero-order chi connectivity index (χ0) is 34.3. The first kappa shape index (κ1) is 32.1. The van der Waals surface area contributed by atoms with Crippen molar-refractivity contribution in [1.82, 2.24) is 15.6 Å². The van der Waals surface area contributed by atoms with Gasteiger partial charge in [-0.25, -0.2) is 9.59 Å². The van der Waals surface area contributed by atoms with E-state index in [0.717, 1.165) is 66.2 Å². The lowest BCUT2D eigenvalue weighted by atomic mass is 9.49. The van der Waals surface area contributed by atoms with E-state index in [1.165, 1.54) is 19.3 Å². The summed E-state index contributed by atoms with van der Waals surface area (Å²) in [4.78, 5) is 68.1. The van der Waals surface area contributed by atoms with Gasteiger partial charge in [-0.15, -0.1) is 0 Å². The molecule has 4 saturated carbocycles. The van der Waals surface area contributed by atoms with Crippen LogP contribution in [0.25, 0.3) is 10.9 Å². The number of hydrogen-bond donors (Lipinski definition) is 6. The highest BCUT2D eigenvalue weighted by Crippen LogP contribution is 2.59. The second-order valence-corrected chi connectivity index (χ2v) is 14.2. The number of hydrogen-bond acceptors (Lipinski definition) is 5. The normalized spacial score (nSPS) is 22.7. The summed E-state index contributed by atoms with van der Waals surface area (Å²) >= 11 is 0. The Balaban J connectivity index is 1.15. The van der Waals surface area contributed by atoms with Gasteiger partial charge in [0.2, 0.25) is 5.91 Å². The number of fused-ring (bicyclic) bond motifs is 1. The number of carbonyl (C=O) groups is 5. The van der Waals surface area contributed by atoms with Crippen LogP contribution < -0.4 is 16.0 Å². The molecule has 49 heavy (non-hydrogen) atoms. The maximum Gasteiger partial charge on any atom is 0.335 e. The van der Waals surface area contributed by atoms with E-state index in [9.17, 15) is 34.2 Å². The number of carboxylic acid groups (broad SMARTS) is 2. The number of carboxylic acids is 2. The molecule has 6 N–H and O–H groups in total. The summed E-state index contributed by atoms with van der Waals surface area (Å²) < 4.78 is 0. The molecule has 11 heteroatoms. The van der Waals surface area contributed by atoms with Crippen molar-refractivity contribution < 1.29 is 34.2 Å². The van der Waals surface area contributed by atoms with Gasteiger partial charge in [0.15, 0.2) is 0 Å². The lowest BCUT2D eigenvalue weighted by molar-refractivity contribution is -0.118. The van der Waals surface area contributed by atoms with E-state index in [0.29, 0.717) is 12.1 Å². The largest absolute Gasteiger partial charge is 0.478 e. The minimum atomic E-state index is -1.36. The first-order valence-corrected chi connectivity index (χ1v) is 16.7. The van der Waals surface area contributed by atoms with Crippen molar-refractivity contribution in [2.45, 2.75) is 51.0 Å². The Kier molecular flexibility index (Phi) is 8.43. The molecule has 3 amide bonds. The van der Waals surface area contributed by atoms with Crippen LogP contribution >= 0.6 is 0 Å². The van der Waals surface area contributed by atoms with Crippen LogP contribution in [0.3, 0.4) is 0 Å². The highest BCUT2D eigenvalue weighted by atomic mass is 16.4. The van der Waals surface area contributed by atoms with Crippen LogP contribution in [0.4, 0.5) is 5.69 Å². The van der Waals surface area contributed by atoms with Crippen molar-refractivity contribution in [2.24, 2.45) is 23.2 Å². The molecule has 252 valence electrons. The maximum absolute atomic E-state index is 14.1. The van der Waals surface area contributed by atoms with Crippen LogP contribution in [0, 0.1) is 23.2 Å². The predicted octanol–water partition coefficient (Wildman–Crippen LogP) is 5.49. The van der Waals surface area contributed by atoms with E-state index in [1.54, 1.807) is 48.7 Å². The van der Waals surface area contributed by atoms with Gasteiger partial charge < -0.3 is 31.1 Å². The Hall–Kier alpha value is -5.45. The van der Waals surface area contributed by atoms with Gasteiger partial charge in [-0.3, -0.25) is 14.4 Å². The summed E-state index contributed by atoms with van der Waals surface area (Å²) in [5.74, 6) is -2.20. The Bertz CT molecular complexity index is 1900. The number of amides is 3. The van der Waals surface area contributed by atoms with Crippen LogP contribution in [-0.4, -0.2) is 57.4 Å². The summed E-state index contributed by atoms with van der Waals surface area (Å²) in [6.07, 6.45) is 9.07. The first-order valence-electron chi connectivity index (χ1n) is 16.7. The standard InChI is InChI=1S/C38H38N4O7/c43-33(40-20-38-17-22-8-23(18-38)10-24(9-22)19-38)30-16-31-25(6-7-39-31)15-29(30)34(44)42-32(11-21-4-2-1-3-5-21)35(45)41-28-13-26(36(46)47)12-27(14-28)37(48)49/h1-7,12-16,22-24,32,39H,8-11,17-20H2,(H,40,43)(H,41,45)(H,42,44)(H,46,47)(H,48,49). The Labute approximate surface area is 282 Å². The molecule has 8 rings (SSSR count). The fraction of sp³-hybridized carbons (Fsp3) is 0.342. The van der Waals surface area contributed by atoms with Crippen molar-refractivity contribution in [3.8, 4) is 0 Å². The number of aromatic carboxylic acids is 2. The number of benzene rings is 3. The number of aromatic amines is 1. The maximum atomic E-state index is 14.1. The fourth-order valence-corrected chi connectivity index (χ4v) is 8.82. The highest BCUT2D eigenvalue weighted by Gasteiger charge is 2.50. The Morgan fingerprint density at radius 2 is 1.39 bits per heavy atom. The molecule has 4 aliphatic rings. The molecule has 0 spiro atoms. The molecule has 0 aliphatic heterocycles. The summed E-state index contributed by atoms with van der Waals surface area (Å²) in [5.41, 5.74) is 1.16. The zero-order valence-corrected chi connectivity index (χ0v) is 26.8. The van der Waals surface area contributed by atoms with Gasteiger partial charge in [-0.2, -0.15) is 0 Å². The molecule has 4 fully saturated rings. The minimum Gasteiger partial charge on any atom is -0.478 e. The highest BCUT2D eigenvalue weighted by molar-refractivity contribution is 6.11. The summed E-state index contributed by atoms with van der Waals surface area (Å²) in [5, 5.41) is 28.3. The summed E-state index contributed by atoms with van der Waals surface area (Å²) in [6, 6.07) is 16.3. The molecule has 4 aliphatic carbocycles. The summed E-state index contributed by atoms with van der Waals surface area (Å²) in [7, 11) is 0. The molecule has 11 nitrogen and oxygen atoms in total. The van der Waals surface area contributed by atoms with Gasteiger partial charge in [0.05, 0.1) is 22.3 Å². The lowest BCUT2D eigenvalue weighted by Gasteiger charge is -2.56. The number of nitrogens with one attached hydrogen (secondary N) is 4. The average molecular weight is 663 g/mol. The topological polar surface area (TPSA) is 178 Å². The van der Waals surface area contributed by atoms with Crippen LogP contribution in [0.5, 0.6) is 0 Å². The van der Waals surface area contributed by atoms with Gasteiger partial charge in [-0.05, 0) is 104 Å². The van der Waals surface area contributed by atoms with Gasteiger partial charge in [0.1, 0.15) is 6.04 Å². The Morgan fingerprint density at radius 1 is 0.776 bits per heavy atom. The number of aromatic nitrogens is 1. The van der Waals surface area contributed by atoms with Gasteiger partial charge >= 0.3 is 11.9 Å². The molecule has 4 aromatic rings. The summed E-state index contributed by atoms with van der Waals surface area (Å²) in [6.45, 7) is 0.561. The van der Waals surface area contributed by atoms with Crippen molar-refractivity contribution in [3.05, 3.63) is 101 Å². The van der Waals surface area contributed by atoms with E-state index < -0.39 is 29.8 Å². The Morgan fingerprint density at radius 3 is 2.00 bits per heavy atom. The van der Waals surface area contributed by atoms with Crippen LogP contribution in [0.1, 0.15) is 85.5 Å². The van der Waals surface area contributed by atoms with Crippen LogP contribution in [0.2, 0.25) is 0 Å². The number of rotatable bonds is 11. The molecule has 0 radical (unpaired) electrons. The van der Waals surface area contributed by atoms with Crippen LogP contribution in [0.15, 0.2) is 72.9 Å². The van der Waals surface area contributed by atoms with Crippen molar-refractivity contribution in [1.29, 1.82) is 0 Å². The van der Waals surface area contributed by atoms with E-state index >= 15 is 0 Å². The molecular formula is C38H38N4O7.